The number of anilines is 1. The summed E-state index contributed by atoms with van der Waals surface area (Å²) in [5, 5.41) is 6.85. The number of hydrazone groups is 1. The molecule has 1 aromatic heterocycles. The zero-order valence-electron chi connectivity index (χ0n) is 12.9. The fourth-order valence-electron chi connectivity index (χ4n) is 2.21. The van der Waals surface area contributed by atoms with E-state index in [1.54, 1.807) is 18.3 Å². The lowest BCUT2D eigenvalue weighted by Gasteiger charge is -2.01. The van der Waals surface area contributed by atoms with E-state index in [-0.39, 0.29) is 5.82 Å². The Morgan fingerprint density at radius 3 is 2.65 bits per heavy atom. The lowest BCUT2D eigenvalue weighted by atomic mass is 10.1. The van der Waals surface area contributed by atoms with Crippen molar-refractivity contribution in [3.05, 3.63) is 70.4 Å². The first-order valence-electron chi connectivity index (χ1n) is 7.19. The van der Waals surface area contributed by atoms with E-state index in [4.69, 9.17) is 0 Å². The molecule has 1 N–H and O–H groups in total. The highest BCUT2D eigenvalue weighted by Gasteiger charge is 2.04. The molecule has 3 aromatic rings. The number of benzene rings is 2. The van der Waals surface area contributed by atoms with Gasteiger partial charge in [-0.1, -0.05) is 23.8 Å². The summed E-state index contributed by atoms with van der Waals surface area (Å²) in [5.74, 6) is -0.250. The van der Waals surface area contributed by atoms with Crippen LogP contribution < -0.4 is 5.43 Å². The van der Waals surface area contributed by atoms with E-state index < -0.39 is 0 Å². The Balaban J connectivity index is 1.69. The maximum Gasteiger partial charge on any atom is 0.203 e. The Morgan fingerprint density at radius 2 is 1.91 bits per heavy atom. The number of hydrogen-bond donors (Lipinski definition) is 1. The summed E-state index contributed by atoms with van der Waals surface area (Å²) in [5.41, 5.74) is 8.11. The maximum atomic E-state index is 12.9. The van der Waals surface area contributed by atoms with Gasteiger partial charge in [0.05, 0.1) is 11.9 Å². The van der Waals surface area contributed by atoms with Crippen molar-refractivity contribution in [2.75, 3.05) is 5.43 Å². The second kappa shape index (κ2) is 6.71. The van der Waals surface area contributed by atoms with Crippen LogP contribution in [0.2, 0.25) is 0 Å². The second-order valence-electron chi connectivity index (χ2n) is 5.27. The van der Waals surface area contributed by atoms with Crippen molar-refractivity contribution in [1.29, 1.82) is 0 Å². The molecule has 2 aromatic carbocycles. The van der Waals surface area contributed by atoms with Gasteiger partial charge in [-0.3, -0.25) is 5.43 Å². The van der Waals surface area contributed by atoms with Gasteiger partial charge < -0.3 is 0 Å². The van der Waals surface area contributed by atoms with Crippen molar-refractivity contribution in [3.63, 3.8) is 0 Å². The van der Waals surface area contributed by atoms with E-state index in [2.05, 4.69) is 41.5 Å². The van der Waals surface area contributed by atoms with Crippen LogP contribution in [0.1, 0.15) is 16.7 Å². The van der Waals surface area contributed by atoms with E-state index in [1.807, 2.05) is 11.4 Å². The van der Waals surface area contributed by atoms with Crippen LogP contribution in [-0.4, -0.2) is 11.2 Å². The standard InChI is InChI=1S/C18H16FN3S/c1-12-3-4-15(13(2)9-12)10-20-22-18-21-17(11-23-18)14-5-7-16(19)8-6-14/h3-11H,1-2H3,(H,21,22)/b20-10+. The van der Waals surface area contributed by atoms with E-state index in [0.29, 0.717) is 5.13 Å². The summed E-state index contributed by atoms with van der Waals surface area (Å²) in [6, 6.07) is 12.5. The number of rotatable bonds is 4. The molecule has 0 saturated heterocycles. The van der Waals surface area contributed by atoms with Crippen LogP contribution in [0.5, 0.6) is 0 Å². The Labute approximate surface area is 138 Å². The lowest BCUT2D eigenvalue weighted by Crippen LogP contribution is -1.93. The Hall–Kier alpha value is -2.53. The second-order valence-corrected chi connectivity index (χ2v) is 6.13. The summed E-state index contributed by atoms with van der Waals surface area (Å²) < 4.78 is 12.9. The highest BCUT2D eigenvalue weighted by Crippen LogP contribution is 2.25. The third-order valence-corrected chi connectivity index (χ3v) is 4.18. The van der Waals surface area contributed by atoms with Crippen LogP contribution in [0, 0.1) is 19.7 Å². The molecule has 5 heteroatoms. The average molecular weight is 325 g/mol. The first-order chi connectivity index (χ1) is 11.1. The summed E-state index contributed by atoms with van der Waals surface area (Å²) in [4.78, 5) is 4.45. The molecule has 1 heterocycles. The molecule has 0 fully saturated rings. The summed E-state index contributed by atoms with van der Waals surface area (Å²) >= 11 is 1.46. The predicted molar refractivity (Wildman–Crippen MR) is 94.6 cm³/mol. The molecule has 3 rings (SSSR count). The van der Waals surface area contributed by atoms with Gasteiger partial charge in [0.1, 0.15) is 5.82 Å². The number of nitrogens with one attached hydrogen (secondary N) is 1. The highest BCUT2D eigenvalue weighted by atomic mass is 32.1. The lowest BCUT2D eigenvalue weighted by molar-refractivity contribution is 0.628. The van der Waals surface area contributed by atoms with E-state index in [0.717, 1.165) is 16.8 Å². The smallest absolute Gasteiger partial charge is 0.203 e. The quantitative estimate of drug-likeness (QED) is 0.540. The highest BCUT2D eigenvalue weighted by molar-refractivity contribution is 7.14. The Kier molecular flexibility index (Phi) is 4.48. The van der Waals surface area contributed by atoms with Gasteiger partial charge in [-0.2, -0.15) is 5.10 Å². The molecule has 0 atom stereocenters. The Bertz CT molecular complexity index is 838. The molecule has 0 radical (unpaired) electrons. The third-order valence-electron chi connectivity index (χ3n) is 3.43. The fraction of sp³-hybridized carbons (Fsp3) is 0.111. The zero-order valence-corrected chi connectivity index (χ0v) is 13.7. The van der Waals surface area contributed by atoms with Crippen LogP contribution >= 0.6 is 11.3 Å². The van der Waals surface area contributed by atoms with Gasteiger partial charge >= 0.3 is 0 Å². The van der Waals surface area contributed by atoms with Crippen LogP contribution in [0.25, 0.3) is 11.3 Å². The normalized spacial score (nSPS) is 11.1. The molecule has 0 aliphatic carbocycles. The van der Waals surface area contributed by atoms with Crippen LogP contribution in [0.4, 0.5) is 9.52 Å². The minimum atomic E-state index is -0.250. The number of nitrogens with zero attached hydrogens (tertiary/aromatic N) is 2. The number of hydrogen-bond acceptors (Lipinski definition) is 4. The minimum Gasteiger partial charge on any atom is -0.253 e. The molecule has 0 saturated carbocycles. The average Bonchev–Trinajstić information content (AvgIpc) is 2.99. The van der Waals surface area contributed by atoms with Gasteiger partial charge in [0, 0.05) is 10.9 Å². The van der Waals surface area contributed by atoms with Crippen LogP contribution in [0.3, 0.4) is 0 Å². The third kappa shape index (κ3) is 3.81. The minimum absolute atomic E-state index is 0.250. The molecule has 23 heavy (non-hydrogen) atoms. The van der Waals surface area contributed by atoms with Gasteiger partial charge in [0.2, 0.25) is 5.13 Å². The van der Waals surface area contributed by atoms with E-state index in [9.17, 15) is 4.39 Å². The molecule has 0 aliphatic heterocycles. The molecule has 116 valence electrons. The van der Waals surface area contributed by atoms with Crippen molar-refractivity contribution >= 4 is 22.7 Å². The van der Waals surface area contributed by atoms with Gasteiger partial charge in [-0.15, -0.1) is 11.3 Å². The number of thiazole rings is 1. The number of aromatic nitrogens is 1. The van der Waals surface area contributed by atoms with Crippen molar-refractivity contribution in [2.24, 2.45) is 5.10 Å². The largest absolute Gasteiger partial charge is 0.253 e. The Morgan fingerprint density at radius 1 is 1.13 bits per heavy atom. The van der Waals surface area contributed by atoms with Crippen LogP contribution in [-0.2, 0) is 0 Å². The first kappa shape index (κ1) is 15.4. The molecular formula is C18H16FN3S. The maximum absolute atomic E-state index is 12.9. The number of aryl methyl sites for hydroxylation is 2. The molecule has 3 nitrogen and oxygen atoms in total. The predicted octanol–water partition coefficient (Wildman–Crippen LogP) is 5.01. The molecule has 0 unspecified atom stereocenters. The topological polar surface area (TPSA) is 37.3 Å². The van der Waals surface area contributed by atoms with Gasteiger partial charge in [-0.05, 0) is 49.2 Å². The summed E-state index contributed by atoms with van der Waals surface area (Å²) in [6.45, 7) is 4.13. The molecule has 0 spiro atoms. The molecular weight excluding hydrogens is 309 g/mol. The van der Waals surface area contributed by atoms with Crippen molar-refractivity contribution in [3.8, 4) is 11.3 Å². The van der Waals surface area contributed by atoms with E-state index >= 15 is 0 Å². The number of halogens is 1. The molecule has 0 amide bonds. The van der Waals surface area contributed by atoms with Crippen molar-refractivity contribution < 1.29 is 4.39 Å². The van der Waals surface area contributed by atoms with Gasteiger partial charge in [0.25, 0.3) is 0 Å². The SMILES string of the molecule is Cc1ccc(/C=N/Nc2nc(-c3ccc(F)cc3)cs2)c(C)c1. The van der Waals surface area contributed by atoms with E-state index in [1.165, 1.54) is 34.6 Å². The summed E-state index contributed by atoms with van der Waals surface area (Å²) in [7, 11) is 0. The summed E-state index contributed by atoms with van der Waals surface area (Å²) in [6.07, 6.45) is 1.79. The van der Waals surface area contributed by atoms with Crippen LogP contribution in [0.15, 0.2) is 52.9 Å². The van der Waals surface area contributed by atoms with Crippen molar-refractivity contribution in [2.45, 2.75) is 13.8 Å². The zero-order chi connectivity index (χ0) is 16.2. The first-order valence-corrected chi connectivity index (χ1v) is 8.07. The van der Waals surface area contributed by atoms with Gasteiger partial charge in [0.15, 0.2) is 0 Å². The van der Waals surface area contributed by atoms with Crippen molar-refractivity contribution in [1.82, 2.24) is 4.98 Å². The fourth-order valence-corrected chi connectivity index (χ4v) is 2.87. The monoisotopic (exact) mass is 325 g/mol. The molecule has 0 aliphatic rings. The molecule has 0 bridgehead atoms. The van der Waals surface area contributed by atoms with Gasteiger partial charge in [-0.25, -0.2) is 9.37 Å².